The highest BCUT2D eigenvalue weighted by atomic mass is 35.5. The number of fused-ring (bicyclic) bond motifs is 2. The summed E-state index contributed by atoms with van der Waals surface area (Å²) in [5.41, 5.74) is 0.815. The SMILES string of the molecule is CC(CN(C(C)C)C(C)C)OC(=O)N1c2ccccc2Sc2cccnc21.Cl. The average molecular weight is 422 g/mol. The molecule has 7 heteroatoms. The van der Waals surface area contributed by atoms with Crippen LogP contribution in [0.2, 0.25) is 0 Å². The number of nitrogens with zero attached hydrogens (tertiary/aromatic N) is 3. The molecule has 5 nitrogen and oxygen atoms in total. The molecule has 0 spiro atoms. The number of aromatic nitrogens is 1. The van der Waals surface area contributed by atoms with E-state index in [9.17, 15) is 4.79 Å². The Morgan fingerprint density at radius 1 is 1.07 bits per heavy atom. The Kier molecular flexibility index (Phi) is 7.75. The Balaban J connectivity index is 0.00000280. The van der Waals surface area contributed by atoms with Gasteiger partial charge in [-0.25, -0.2) is 14.7 Å². The fourth-order valence-corrected chi connectivity index (χ4v) is 4.38. The number of halogens is 1. The molecule has 0 fully saturated rings. The van der Waals surface area contributed by atoms with E-state index in [1.54, 1.807) is 22.9 Å². The van der Waals surface area contributed by atoms with Crippen molar-refractivity contribution in [3.8, 4) is 0 Å². The maximum atomic E-state index is 13.1. The van der Waals surface area contributed by atoms with E-state index in [1.807, 2.05) is 43.3 Å². The van der Waals surface area contributed by atoms with Crippen molar-refractivity contribution in [1.82, 2.24) is 9.88 Å². The highest BCUT2D eigenvalue weighted by molar-refractivity contribution is 7.99. The van der Waals surface area contributed by atoms with Crippen LogP contribution in [0.25, 0.3) is 0 Å². The van der Waals surface area contributed by atoms with Gasteiger partial charge in [-0.15, -0.1) is 12.4 Å². The van der Waals surface area contributed by atoms with Gasteiger partial charge < -0.3 is 4.74 Å². The van der Waals surface area contributed by atoms with Crippen molar-refractivity contribution in [3.63, 3.8) is 0 Å². The van der Waals surface area contributed by atoms with Gasteiger partial charge in [-0.2, -0.15) is 0 Å². The Bertz CT molecular complexity index is 762. The molecule has 1 amide bonds. The van der Waals surface area contributed by atoms with E-state index in [2.05, 4.69) is 37.6 Å². The van der Waals surface area contributed by atoms with Gasteiger partial charge in [-0.3, -0.25) is 4.90 Å². The van der Waals surface area contributed by atoms with Gasteiger partial charge in [0.25, 0.3) is 0 Å². The van der Waals surface area contributed by atoms with Crippen molar-refractivity contribution in [3.05, 3.63) is 42.6 Å². The molecule has 1 aromatic heterocycles. The third-order valence-corrected chi connectivity index (χ3v) is 5.67. The zero-order chi connectivity index (χ0) is 19.6. The van der Waals surface area contributed by atoms with E-state index in [-0.39, 0.29) is 24.6 Å². The van der Waals surface area contributed by atoms with Crippen LogP contribution in [0.4, 0.5) is 16.3 Å². The predicted octanol–water partition coefficient (Wildman–Crippen LogP) is 5.75. The number of benzene rings is 1. The van der Waals surface area contributed by atoms with Crippen LogP contribution in [0.1, 0.15) is 34.6 Å². The van der Waals surface area contributed by atoms with Crippen molar-refractivity contribution in [2.75, 3.05) is 11.4 Å². The monoisotopic (exact) mass is 421 g/mol. The molecule has 0 N–H and O–H groups in total. The maximum Gasteiger partial charge on any atom is 0.420 e. The van der Waals surface area contributed by atoms with Gasteiger partial charge in [-0.1, -0.05) is 23.9 Å². The van der Waals surface area contributed by atoms with Crippen LogP contribution >= 0.6 is 24.2 Å². The van der Waals surface area contributed by atoms with Gasteiger partial charge in [0.2, 0.25) is 0 Å². The van der Waals surface area contributed by atoms with Gasteiger partial charge in [0, 0.05) is 29.7 Å². The number of rotatable bonds is 5. The Hall–Kier alpha value is -1.76. The van der Waals surface area contributed by atoms with E-state index in [0.717, 1.165) is 15.5 Å². The van der Waals surface area contributed by atoms with Gasteiger partial charge in [0.05, 0.1) is 10.6 Å². The van der Waals surface area contributed by atoms with Gasteiger partial charge in [-0.05, 0) is 58.9 Å². The lowest BCUT2D eigenvalue weighted by molar-refractivity contribution is 0.0632. The molecule has 0 bridgehead atoms. The van der Waals surface area contributed by atoms with Crippen LogP contribution in [0.15, 0.2) is 52.4 Å². The summed E-state index contributed by atoms with van der Waals surface area (Å²) in [6.07, 6.45) is 1.09. The van der Waals surface area contributed by atoms with Crippen molar-refractivity contribution in [2.24, 2.45) is 0 Å². The van der Waals surface area contributed by atoms with Gasteiger partial charge >= 0.3 is 6.09 Å². The summed E-state index contributed by atoms with van der Waals surface area (Å²) >= 11 is 1.62. The Labute approximate surface area is 177 Å². The molecule has 1 atom stereocenters. The standard InChI is InChI=1S/C21H27N3O2S.ClH/c1-14(2)23(15(3)4)13-16(5)26-21(25)24-17-9-6-7-10-18(17)27-19-11-8-12-22-20(19)24;/h6-12,14-16H,13H2,1-5H3;1H. The largest absolute Gasteiger partial charge is 0.444 e. The number of carbonyl (C=O) groups is 1. The summed E-state index contributed by atoms with van der Waals surface area (Å²) in [6, 6.07) is 12.5. The Morgan fingerprint density at radius 2 is 1.71 bits per heavy atom. The molecule has 2 heterocycles. The molecule has 0 saturated carbocycles. The first-order valence-corrected chi connectivity index (χ1v) is 10.2. The molecule has 0 saturated heterocycles. The number of amides is 1. The third kappa shape index (κ3) is 4.80. The average Bonchev–Trinajstić information content (AvgIpc) is 2.63. The maximum absolute atomic E-state index is 13.1. The number of para-hydroxylation sites is 1. The molecule has 0 radical (unpaired) electrons. The van der Waals surface area contributed by atoms with Crippen molar-refractivity contribution in [2.45, 2.75) is 62.6 Å². The number of anilines is 2. The molecule has 3 rings (SSSR count). The third-order valence-electron chi connectivity index (χ3n) is 4.57. The number of hydrogen-bond acceptors (Lipinski definition) is 5. The lowest BCUT2D eigenvalue weighted by Crippen LogP contribution is -2.43. The lowest BCUT2D eigenvalue weighted by Gasteiger charge is -2.34. The summed E-state index contributed by atoms with van der Waals surface area (Å²) in [4.78, 5) is 23.4. The molecule has 28 heavy (non-hydrogen) atoms. The van der Waals surface area contributed by atoms with Crippen LogP contribution in [0.5, 0.6) is 0 Å². The second kappa shape index (κ2) is 9.63. The predicted molar refractivity (Wildman–Crippen MR) is 117 cm³/mol. The van der Waals surface area contributed by atoms with Crippen LogP contribution in [-0.4, -0.2) is 40.7 Å². The summed E-state index contributed by atoms with van der Waals surface area (Å²) in [6.45, 7) is 11.3. The van der Waals surface area contributed by atoms with E-state index in [4.69, 9.17) is 4.74 Å². The first kappa shape index (κ1) is 22.5. The van der Waals surface area contributed by atoms with Gasteiger partial charge in [0.15, 0.2) is 5.82 Å². The smallest absolute Gasteiger partial charge is 0.420 e. The zero-order valence-corrected chi connectivity index (χ0v) is 18.6. The van der Waals surface area contributed by atoms with Crippen molar-refractivity contribution >= 4 is 41.8 Å². The number of pyridine rings is 1. The summed E-state index contributed by atoms with van der Waals surface area (Å²) in [5.74, 6) is 0.628. The number of ether oxygens (including phenoxy) is 1. The summed E-state index contributed by atoms with van der Waals surface area (Å²) in [5, 5.41) is 0. The number of hydrogen-bond donors (Lipinski definition) is 0. The van der Waals surface area contributed by atoms with Crippen molar-refractivity contribution < 1.29 is 9.53 Å². The fourth-order valence-electron chi connectivity index (χ4n) is 3.35. The molecule has 1 aromatic carbocycles. The molecule has 0 aliphatic carbocycles. The normalized spacial score (nSPS) is 13.8. The summed E-state index contributed by atoms with van der Waals surface area (Å²) < 4.78 is 5.83. The molecular weight excluding hydrogens is 394 g/mol. The second-order valence-corrected chi connectivity index (χ2v) is 8.39. The van der Waals surface area contributed by atoms with Crippen molar-refractivity contribution in [1.29, 1.82) is 0 Å². The highest BCUT2D eigenvalue weighted by Crippen LogP contribution is 2.47. The first-order valence-electron chi connectivity index (χ1n) is 9.37. The minimum absolute atomic E-state index is 0. The topological polar surface area (TPSA) is 45.7 Å². The Morgan fingerprint density at radius 3 is 2.39 bits per heavy atom. The van der Waals surface area contributed by atoms with Crippen LogP contribution in [-0.2, 0) is 4.74 Å². The minimum Gasteiger partial charge on any atom is -0.444 e. The highest BCUT2D eigenvalue weighted by Gasteiger charge is 2.31. The van der Waals surface area contributed by atoms with Crippen LogP contribution < -0.4 is 4.90 Å². The van der Waals surface area contributed by atoms with Crippen LogP contribution in [0.3, 0.4) is 0 Å². The second-order valence-electron chi connectivity index (χ2n) is 7.31. The molecule has 1 aliphatic rings. The lowest BCUT2D eigenvalue weighted by atomic mass is 10.2. The molecule has 1 aliphatic heterocycles. The van der Waals surface area contributed by atoms with E-state index in [1.165, 1.54) is 0 Å². The summed E-state index contributed by atoms with van der Waals surface area (Å²) in [7, 11) is 0. The fraction of sp³-hybridized carbons (Fsp3) is 0.429. The van der Waals surface area contributed by atoms with E-state index in [0.29, 0.717) is 24.4 Å². The zero-order valence-electron chi connectivity index (χ0n) is 17.0. The first-order chi connectivity index (χ1) is 12.9. The molecule has 1 unspecified atom stereocenters. The number of carbonyl (C=O) groups excluding carboxylic acids is 1. The molecule has 2 aromatic rings. The quantitative estimate of drug-likeness (QED) is 0.615. The molecular formula is C21H28ClN3O2S. The minimum atomic E-state index is -0.386. The van der Waals surface area contributed by atoms with Gasteiger partial charge in [0.1, 0.15) is 6.10 Å². The van der Waals surface area contributed by atoms with Crippen LogP contribution in [0, 0.1) is 0 Å². The van der Waals surface area contributed by atoms with E-state index < -0.39 is 0 Å². The molecule has 152 valence electrons. The van der Waals surface area contributed by atoms with E-state index >= 15 is 0 Å².